The topological polar surface area (TPSA) is 20.2 Å². The Hall–Kier alpha value is -4.20. The van der Waals surface area contributed by atoms with Crippen molar-refractivity contribution in [2.45, 2.75) is 30.8 Å². The molecule has 2 aliphatic carbocycles. The Morgan fingerprint density at radius 2 is 0.975 bits per heavy atom. The standard InChI is InChI=1S/C39H34O/c40-37(31-20-10-3-11-21-31)39(32-22-12-4-13-23-32,33-24-14-5-15-25-33)38(26-27-38)35-28-34(35)36(29-16-6-1-7-17-29)30-18-8-2-9-19-30/h1-25,35,37,40H,26-28H2. The van der Waals surface area contributed by atoms with E-state index in [1.165, 1.54) is 33.4 Å². The van der Waals surface area contributed by atoms with Gasteiger partial charge in [0.25, 0.3) is 0 Å². The van der Waals surface area contributed by atoms with Gasteiger partial charge in [0, 0.05) is 0 Å². The largest absolute Gasteiger partial charge is 0.387 e. The Morgan fingerprint density at radius 1 is 0.575 bits per heavy atom. The summed E-state index contributed by atoms with van der Waals surface area (Å²) < 4.78 is 0. The maximum atomic E-state index is 12.6. The molecule has 0 bridgehead atoms. The summed E-state index contributed by atoms with van der Waals surface area (Å²) >= 11 is 0. The average Bonchev–Trinajstić information content (AvgIpc) is 3.97. The summed E-state index contributed by atoms with van der Waals surface area (Å²) in [5.74, 6) is 0.390. The van der Waals surface area contributed by atoms with Gasteiger partial charge in [0.15, 0.2) is 0 Å². The van der Waals surface area contributed by atoms with Gasteiger partial charge >= 0.3 is 0 Å². The first-order valence-electron chi connectivity index (χ1n) is 14.4. The lowest BCUT2D eigenvalue weighted by molar-refractivity contribution is 0.0464. The van der Waals surface area contributed by atoms with Crippen LogP contribution in [0.25, 0.3) is 5.57 Å². The van der Waals surface area contributed by atoms with E-state index >= 15 is 0 Å². The van der Waals surface area contributed by atoms with Gasteiger partial charge in [-0.2, -0.15) is 0 Å². The first kappa shape index (κ1) is 24.8. The number of aliphatic hydroxyl groups is 1. The summed E-state index contributed by atoms with van der Waals surface area (Å²) in [6, 6.07) is 53.6. The molecule has 1 nitrogen and oxygen atoms in total. The molecule has 0 heterocycles. The molecule has 1 N–H and O–H groups in total. The maximum Gasteiger partial charge on any atom is 0.0932 e. The van der Waals surface area contributed by atoms with E-state index in [0.717, 1.165) is 24.8 Å². The van der Waals surface area contributed by atoms with E-state index in [9.17, 15) is 5.11 Å². The minimum absolute atomic E-state index is 0.0882. The third-order valence-corrected chi connectivity index (χ3v) is 9.36. The quantitative estimate of drug-likeness (QED) is 0.217. The highest BCUT2D eigenvalue weighted by Crippen LogP contribution is 2.76. The van der Waals surface area contributed by atoms with Gasteiger partial charge in [-0.05, 0) is 64.0 Å². The van der Waals surface area contributed by atoms with Crippen molar-refractivity contribution >= 4 is 5.57 Å². The summed E-state index contributed by atoms with van der Waals surface area (Å²) in [5, 5.41) is 12.6. The Kier molecular flexibility index (Phi) is 6.25. The smallest absolute Gasteiger partial charge is 0.0932 e. The van der Waals surface area contributed by atoms with E-state index in [2.05, 4.69) is 133 Å². The Morgan fingerprint density at radius 3 is 1.40 bits per heavy atom. The van der Waals surface area contributed by atoms with Crippen molar-refractivity contribution in [1.82, 2.24) is 0 Å². The van der Waals surface area contributed by atoms with Gasteiger partial charge in [0.2, 0.25) is 0 Å². The van der Waals surface area contributed by atoms with Crippen LogP contribution in [0.4, 0.5) is 0 Å². The molecule has 40 heavy (non-hydrogen) atoms. The molecule has 0 amide bonds. The lowest BCUT2D eigenvalue weighted by Gasteiger charge is -2.47. The van der Waals surface area contributed by atoms with Crippen LogP contribution in [0.1, 0.15) is 53.2 Å². The Balaban J connectivity index is 1.47. The summed E-state index contributed by atoms with van der Waals surface area (Å²) in [5.41, 5.74) is 8.12. The average molecular weight is 519 g/mol. The van der Waals surface area contributed by atoms with Crippen LogP contribution in [0.3, 0.4) is 0 Å². The van der Waals surface area contributed by atoms with E-state index in [-0.39, 0.29) is 5.41 Å². The Labute approximate surface area is 237 Å². The van der Waals surface area contributed by atoms with Crippen LogP contribution in [0, 0.1) is 11.3 Å². The molecule has 2 aliphatic rings. The summed E-state index contributed by atoms with van der Waals surface area (Å²) in [4.78, 5) is 0. The lowest BCUT2D eigenvalue weighted by Crippen LogP contribution is -2.45. The minimum Gasteiger partial charge on any atom is -0.387 e. The van der Waals surface area contributed by atoms with Gasteiger partial charge in [0.1, 0.15) is 0 Å². The molecule has 196 valence electrons. The summed E-state index contributed by atoms with van der Waals surface area (Å²) in [7, 11) is 0. The molecule has 0 radical (unpaired) electrons. The molecule has 2 fully saturated rings. The zero-order valence-electron chi connectivity index (χ0n) is 22.7. The summed E-state index contributed by atoms with van der Waals surface area (Å²) in [6.45, 7) is 0. The van der Waals surface area contributed by atoms with Crippen molar-refractivity contribution in [3.8, 4) is 0 Å². The van der Waals surface area contributed by atoms with Crippen LogP contribution in [0.5, 0.6) is 0 Å². The number of hydrogen-bond donors (Lipinski definition) is 1. The molecule has 5 aromatic carbocycles. The monoisotopic (exact) mass is 518 g/mol. The fourth-order valence-electron chi connectivity index (χ4n) is 7.48. The normalized spacial score (nSPS) is 18.1. The van der Waals surface area contributed by atoms with Crippen LogP contribution in [0.2, 0.25) is 0 Å². The van der Waals surface area contributed by atoms with Crippen molar-refractivity contribution in [1.29, 1.82) is 0 Å². The Bertz CT molecular complexity index is 1520. The van der Waals surface area contributed by atoms with Gasteiger partial charge in [-0.1, -0.05) is 157 Å². The van der Waals surface area contributed by atoms with Crippen LogP contribution in [-0.2, 0) is 5.41 Å². The highest BCUT2D eigenvalue weighted by atomic mass is 16.3. The number of allylic oxidation sites excluding steroid dienone is 1. The second-order valence-corrected chi connectivity index (χ2v) is 11.4. The number of hydrogen-bond acceptors (Lipinski definition) is 1. The van der Waals surface area contributed by atoms with Crippen molar-refractivity contribution in [3.05, 3.63) is 185 Å². The van der Waals surface area contributed by atoms with Gasteiger partial charge in [-0.15, -0.1) is 0 Å². The van der Waals surface area contributed by atoms with Crippen LogP contribution < -0.4 is 0 Å². The molecule has 0 saturated heterocycles. The van der Waals surface area contributed by atoms with Crippen molar-refractivity contribution in [2.75, 3.05) is 0 Å². The van der Waals surface area contributed by atoms with Crippen LogP contribution >= 0.6 is 0 Å². The van der Waals surface area contributed by atoms with E-state index < -0.39 is 11.5 Å². The van der Waals surface area contributed by atoms with Gasteiger partial charge in [-0.25, -0.2) is 0 Å². The SMILES string of the molecule is OC(c1ccccc1)C(c1ccccc1)(c1ccccc1)C1(C2CC2=C(c2ccccc2)c2ccccc2)CC1. The van der Waals surface area contributed by atoms with Crippen molar-refractivity contribution in [2.24, 2.45) is 11.3 Å². The first-order valence-corrected chi connectivity index (χ1v) is 14.4. The highest BCUT2D eigenvalue weighted by Gasteiger charge is 2.70. The number of rotatable bonds is 8. The van der Waals surface area contributed by atoms with Crippen LogP contribution in [-0.4, -0.2) is 5.11 Å². The van der Waals surface area contributed by atoms with E-state index in [1.54, 1.807) is 0 Å². The second-order valence-electron chi connectivity index (χ2n) is 11.4. The number of aliphatic hydroxyl groups excluding tert-OH is 1. The van der Waals surface area contributed by atoms with Crippen molar-refractivity contribution < 1.29 is 5.11 Å². The third-order valence-electron chi connectivity index (χ3n) is 9.36. The molecule has 0 aromatic heterocycles. The second kappa shape index (κ2) is 10.1. The molecule has 0 spiro atoms. The van der Waals surface area contributed by atoms with E-state index in [4.69, 9.17) is 0 Å². The predicted octanol–water partition coefficient (Wildman–Crippen LogP) is 9.01. The predicted molar refractivity (Wildman–Crippen MR) is 164 cm³/mol. The summed E-state index contributed by atoms with van der Waals surface area (Å²) in [6.07, 6.45) is 2.55. The zero-order chi connectivity index (χ0) is 27.0. The van der Waals surface area contributed by atoms with Gasteiger partial charge in [-0.3, -0.25) is 0 Å². The van der Waals surface area contributed by atoms with Crippen LogP contribution in [0.15, 0.2) is 157 Å². The van der Waals surface area contributed by atoms with E-state index in [0.29, 0.717) is 5.92 Å². The molecule has 2 unspecified atom stereocenters. The third kappa shape index (κ3) is 3.96. The molecule has 2 atom stereocenters. The van der Waals surface area contributed by atoms with Crippen molar-refractivity contribution in [3.63, 3.8) is 0 Å². The fourth-order valence-corrected chi connectivity index (χ4v) is 7.48. The molecule has 1 heteroatoms. The molecular weight excluding hydrogens is 484 g/mol. The molecular formula is C39H34O. The fraction of sp³-hybridized carbons (Fsp3) is 0.179. The zero-order valence-corrected chi connectivity index (χ0v) is 22.7. The van der Waals surface area contributed by atoms with Gasteiger partial charge < -0.3 is 5.11 Å². The number of benzene rings is 5. The lowest BCUT2D eigenvalue weighted by atomic mass is 9.57. The molecule has 2 saturated carbocycles. The molecule has 7 rings (SSSR count). The maximum absolute atomic E-state index is 12.6. The highest BCUT2D eigenvalue weighted by molar-refractivity contribution is 5.85. The molecule has 5 aromatic rings. The minimum atomic E-state index is -0.681. The first-order chi connectivity index (χ1) is 19.8. The van der Waals surface area contributed by atoms with E-state index in [1.807, 2.05) is 18.2 Å². The molecule has 0 aliphatic heterocycles. The van der Waals surface area contributed by atoms with Gasteiger partial charge in [0.05, 0.1) is 11.5 Å².